The highest BCUT2D eigenvalue weighted by molar-refractivity contribution is 5.76. The van der Waals surface area contributed by atoms with Crippen LogP contribution in [-0.2, 0) is 10.8 Å². The Morgan fingerprint density at radius 2 is 0.421 bits per heavy atom. The van der Waals surface area contributed by atoms with Crippen LogP contribution in [0.5, 0.6) is 0 Å². The third-order valence-electron chi connectivity index (χ3n) is 11.8. The summed E-state index contributed by atoms with van der Waals surface area (Å²) in [6, 6.07) is 49.2. The minimum atomic E-state index is -0.746. The molecule has 0 atom stereocenters. The molecule has 0 heterocycles. The van der Waals surface area contributed by atoms with Crippen molar-refractivity contribution in [2.75, 3.05) is 5.73 Å². The molecule has 0 spiro atoms. The van der Waals surface area contributed by atoms with Gasteiger partial charge in [-0.25, -0.2) is 0 Å². The minimum Gasteiger partial charge on any atom is -0.398 e. The first kappa shape index (κ1) is 39.6. The standard InChI is InChI=1S/C56H59N/c1-34-16-35(2)23-46(22-34)55(47-24-36(3)17-37(4)25-47,48-26-38(5)18-39(6)27-48)52-14-13-15-53(54(52)57)56(49-28-40(7)19-41(8)29-49,50-30-42(9)20-43(10)31-50)51-32-44(11)21-45(12)33-51/h13-33H,57H2,1-12H3. The topological polar surface area (TPSA) is 26.0 Å². The number of nitrogens with two attached hydrogens (primary N) is 1. The number of benzene rings is 7. The summed E-state index contributed by atoms with van der Waals surface area (Å²) >= 11 is 0. The third-order valence-corrected chi connectivity index (χ3v) is 11.8. The number of nitrogen functional groups attached to an aromatic ring is 1. The number of hydrogen-bond donors (Lipinski definition) is 1. The molecule has 0 saturated heterocycles. The second kappa shape index (κ2) is 15.0. The van der Waals surface area contributed by atoms with Gasteiger partial charge in [-0.1, -0.05) is 194 Å². The largest absolute Gasteiger partial charge is 0.398 e. The summed E-state index contributed by atoms with van der Waals surface area (Å²) in [5.41, 5.74) is 31.7. The van der Waals surface area contributed by atoms with Crippen molar-refractivity contribution in [1.82, 2.24) is 0 Å². The molecular formula is C56H59N. The van der Waals surface area contributed by atoms with Crippen LogP contribution in [-0.4, -0.2) is 0 Å². The van der Waals surface area contributed by atoms with Gasteiger partial charge in [-0.05, 0) is 128 Å². The fourth-order valence-electron chi connectivity index (χ4n) is 10.3. The first-order valence-electron chi connectivity index (χ1n) is 20.4. The Labute approximate surface area is 342 Å². The first-order valence-corrected chi connectivity index (χ1v) is 20.4. The molecule has 0 radical (unpaired) electrons. The Hall–Kier alpha value is -5.66. The van der Waals surface area contributed by atoms with E-state index < -0.39 is 10.8 Å². The Morgan fingerprint density at radius 1 is 0.263 bits per heavy atom. The molecule has 0 bridgehead atoms. The van der Waals surface area contributed by atoms with Crippen LogP contribution in [0.3, 0.4) is 0 Å². The summed E-state index contributed by atoms with van der Waals surface area (Å²) < 4.78 is 0. The van der Waals surface area contributed by atoms with Gasteiger partial charge >= 0.3 is 0 Å². The molecule has 2 N–H and O–H groups in total. The van der Waals surface area contributed by atoms with Gasteiger partial charge in [0.1, 0.15) is 0 Å². The highest BCUT2D eigenvalue weighted by Gasteiger charge is 2.46. The summed E-state index contributed by atoms with van der Waals surface area (Å²) in [6.45, 7) is 26.6. The summed E-state index contributed by atoms with van der Waals surface area (Å²) in [5, 5.41) is 0. The normalized spacial score (nSPS) is 11.9. The van der Waals surface area contributed by atoms with E-state index in [4.69, 9.17) is 5.73 Å². The molecule has 0 fully saturated rings. The van der Waals surface area contributed by atoms with E-state index >= 15 is 0 Å². The van der Waals surface area contributed by atoms with Gasteiger partial charge in [0.15, 0.2) is 0 Å². The molecule has 1 nitrogen and oxygen atoms in total. The van der Waals surface area contributed by atoms with E-state index in [0.29, 0.717) is 0 Å². The molecule has 0 saturated carbocycles. The van der Waals surface area contributed by atoms with Crippen LogP contribution in [0.15, 0.2) is 127 Å². The molecule has 7 rings (SSSR count). The fourth-order valence-corrected chi connectivity index (χ4v) is 10.3. The fraction of sp³-hybridized carbons (Fsp3) is 0.250. The van der Waals surface area contributed by atoms with Crippen molar-refractivity contribution in [2.45, 2.75) is 93.9 Å². The van der Waals surface area contributed by atoms with Crippen LogP contribution in [0, 0.1) is 83.1 Å². The maximum Gasteiger partial charge on any atom is 0.0722 e. The number of para-hydroxylation sites is 1. The van der Waals surface area contributed by atoms with Gasteiger partial charge in [0.05, 0.1) is 10.8 Å². The third kappa shape index (κ3) is 7.14. The molecular weight excluding hydrogens is 687 g/mol. The second-order valence-electron chi connectivity index (χ2n) is 17.5. The molecule has 0 unspecified atom stereocenters. The highest BCUT2D eigenvalue weighted by Crippen LogP contribution is 2.54. The van der Waals surface area contributed by atoms with Gasteiger partial charge in [0, 0.05) is 5.69 Å². The van der Waals surface area contributed by atoms with E-state index in [9.17, 15) is 0 Å². The van der Waals surface area contributed by atoms with Crippen molar-refractivity contribution in [1.29, 1.82) is 0 Å². The molecule has 0 amide bonds. The predicted molar refractivity (Wildman–Crippen MR) is 244 cm³/mol. The number of rotatable bonds is 8. The lowest BCUT2D eigenvalue weighted by Gasteiger charge is -2.42. The first-order chi connectivity index (χ1) is 27.0. The van der Waals surface area contributed by atoms with Crippen molar-refractivity contribution in [3.8, 4) is 0 Å². The Bertz CT molecular complexity index is 2120. The molecule has 0 aromatic heterocycles. The zero-order valence-electron chi connectivity index (χ0n) is 36.2. The molecule has 288 valence electrons. The van der Waals surface area contributed by atoms with Crippen LogP contribution in [0.2, 0.25) is 0 Å². The second-order valence-corrected chi connectivity index (χ2v) is 17.5. The molecule has 0 aliphatic rings. The Kier molecular flexibility index (Phi) is 10.4. The highest BCUT2D eigenvalue weighted by atomic mass is 14.6. The summed E-state index contributed by atoms with van der Waals surface area (Å²) in [7, 11) is 0. The number of hydrogen-bond acceptors (Lipinski definition) is 1. The van der Waals surface area contributed by atoms with Crippen LogP contribution in [0.1, 0.15) is 111 Å². The zero-order valence-corrected chi connectivity index (χ0v) is 36.2. The van der Waals surface area contributed by atoms with E-state index in [-0.39, 0.29) is 0 Å². The van der Waals surface area contributed by atoms with E-state index in [1.165, 1.54) is 100 Å². The van der Waals surface area contributed by atoms with Crippen molar-refractivity contribution in [3.63, 3.8) is 0 Å². The Morgan fingerprint density at radius 3 is 0.579 bits per heavy atom. The zero-order chi connectivity index (χ0) is 41.0. The van der Waals surface area contributed by atoms with Gasteiger partial charge in [-0.3, -0.25) is 0 Å². The summed E-state index contributed by atoms with van der Waals surface area (Å²) in [4.78, 5) is 0. The van der Waals surface area contributed by atoms with Crippen LogP contribution < -0.4 is 5.73 Å². The maximum atomic E-state index is 8.14. The Balaban J connectivity index is 1.77. The monoisotopic (exact) mass is 745 g/mol. The SMILES string of the molecule is Cc1cc(C)cc(C(c2cc(C)cc(C)c2)(c2cc(C)cc(C)c2)c2cccc(C(c3cc(C)cc(C)c3)(c3cc(C)cc(C)c3)c3cc(C)cc(C)c3)c2N)c1. The average molecular weight is 746 g/mol. The van der Waals surface area contributed by atoms with Gasteiger partial charge in [-0.15, -0.1) is 0 Å². The van der Waals surface area contributed by atoms with Gasteiger partial charge < -0.3 is 5.73 Å². The van der Waals surface area contributed by atoms with Crippen molar-refractivity contribution in [2.24, 2.45) is 0 Å². The number of aryl methyl sites for hydroxylation is 12. The molecule has 7 aromatic carbocycles. The lowest BCUT2D eigenvalue weighted by Crippen LogP contribution is -2.36. The quantitative estimate of drug-likeness (QED) is 0.122. The van der Waals surface area contributed by atoms with E-state index in [2.05, 4.69) is 210 Å². The van der Waals surface area contributed by atoms with Crippen LogP contribution >= 0.6 is 0 Å². The summed E-state index contributed by atoms with van der Waals surface area (Å²) in [6.07, 6.45) is 0. The maximum absolute atomic E-state index is 8.14. The molecule has 0 aliphatic heterocycles. The average Bonchev–Trinajstić information content (AvgIpc) is 3.08. The van der Waals surface area contributed by atoms with E-state index in [1.807, 2.05) is 0 Å². The lowest BCUT2D eigenvalue weighted by atomic mass is 9.60. The van der Waals surface area contributed by atoms with Crippen LogP contribution in [0.4, 0.5) is 5.69 Å². The van der Waals surface area contributed by atoms with Crippen LogP contribution in [0.25, 0.3) is 0 Å². The molecule has 7 aromatic rings. The van der Waals surface area contributed by atoms with Crippen molar-refractivity contribution < 1.29 is 0 Å². The van der Waals surface area contributed by atoms with E-state index in [0.717, 1.165) is 16.8 Å². The minimum absolute atomic E-state index is 0.746. The van der Waals surface area contributed by atoms with Gasteiger partial charge in [0.2, 0.25) is 0 Å². The molecule has 0 aliphatic carbocycles. The van der Waals surface area contributed by atoms with Crippen molar-refractivity contribution >= 4 is 5.69 Å². The smallest absolute Gasteiger partial charge is 0.0722 e. The van der Waals surface area contributed by atoms with Crippen molar-refractivity contribution in [3.05, 3.63) is 239 Å². The number of anilines is 1. The molecule has 1 heteroatoms. The molecule has 57 heavy (non-hydrogen) atoms. The predicted octanol–water partition coefficient (Wildman–Crippen LogP) is 13.7. The summed E-state index contributed by atoms with van der Waals surface area (Å²) in [5.74, 6) is 0. The van der Waals surface area contributed by atoms with E-state index in [1.54, 1.807) is 0 Å². The van der Waals surface area contributed by atoms with Gasteiger partial charge in [0.25, 0.3) is 0 Å². The lowest BCUT2D eigenvalue weighted by molar-refractivity contribution is 0.717. The van der Waals surface area contributed by atoms with Gasteiger partial charge in [-0.2, -0.15) is 0 Å².